The van der Waals surface area contributed by atoms with Crippen LogP contribution in [0.5, 0.6) is 0 Å². The van der Waals surface area contributed by atoms with Crippen LogP contribution in [0.15, 0.2) is 89.8 Å². The van der Waals surface area contributed by atoms with Crippen LogP contribution in [-0.4, -0.2) is 29.8 Å². The van der Waals surface area contributed by atoms with Gasteiger partial charge in [-0.25, -0.2) is 13.4 Å². The molecule has 0 radical (unpaired) electrons. The van der Waals surface area contributed by atoms with E-state index < -0.39 is 33.7 Å². The lowest BCUT2D eigenvalue weighted by molar-refractivity contribution is -0.137. The van der Waals surface area contributed by atoms with E-state index in [1.165, 1.54) is 30.3 Å². The number of rotatable bonds is 6. The lowest BCUT2D eigenvalue weighted by atomic mass is 10.1. The van der Waals surface area contributed by atoms with Gasteiger partial charge in [-0.1, -0.05) is 6.07 Å². The number of aryl methyl sites for hydroxylation is 1. The zero-order chi connectivity index (χ0) is 30.2. The zero-order valence-electron chi connectivity index (χ0n) is 22.5. The number of quaternary nitrogens is 1. The summed E-state index contributed by atoms with van der Waals surface area (Å²) in [5.74, 6) is -1.03. The molecule has 14 heteroatoms. The molecule has 9 nitrogen and oxygen atoms in total. The number of amides is 2. The van der Waals surface area contributed by atoms with E-state index in [4.69, 9.17) is 0 Å². The molecule has 5 rings (SSSR count). The molecule has 43 heavy (non-hydrogen) atoms. The summed E-state index contributed by atoms with van der Waals surface area (Å²) in [6, 6.07) is 19.6. The number of hydrogen-bond acceptors (Lipinski definition) is 7. The predicted molar refractivity (Wildman–Crippen MR) is 158 cm³/mol. The number of alkyl halides is 3. The highest BCUT2D eigenvalue weighted by Gasteiger charge is 2.30. The summed E-state index contributed by atoms with van der Waals surface area (Å²) in [5.41, 5.74) is 1.71. The Hall–Kier alpha value is -4.63. The molecule has 2 amide bonds. The quantitative estimate of drug-likeness (QED) is 0.170. The molecule has 0 spiro atoms. The van der Waals surface area contributed by atoms with E-state index in [0.29, 0.717) is 38.6 Å². The number of halogens is 3. The van der Waals surface area contributed by atoms with Crippen LogP contribution in [0.1, 0.15) is 31.8 Å². The monoisotopic (exact) mass is 628 g/mol. The summed E-state index contributed by atoms with van der Waals surface area (Å²) in [7, 11) is -4.68. The van der Waals surface area contributed by atoms with Crippen LogP contribution >= 0.6 is 11.3 Å². The molecule has 0 atom stereocenters. The molecule has 0 saturated heterocycles. The van der Waals surface area contributed by atoms with Gasteiger partial charge in [0.05, 0.1) is 20.7 Å². The highest BCUT2D eigenvalue weighted by Crippen LogP contribution is 2.36. The van der Waals surface area contributed by atoms with Crippen LogP contribution in [0, 0.1) is 6.92 Å². The molecule has 6 N–H and O–H groups in total. The average molecular weight is 629 g/mol. The van der Waals surface area contributed by atoms with Gasteiger partial charge in [0.2, 0.25) is 0 Å². The number of carbonyl (C=O) groups excluding carboxylic acids is 2. The minimum atomic E-state index is -4.68. The van der Waals surface area contributed by atoms with Crippen molar-refractivity contribution in [3.63, 3.8) is 0 Å². The van der Waals surface area contributed by atoms with Crippen LogP contribution < -0.4 is 16.8 Å². The fourth-order valence-corrected chi connectivity index (χ4v) is 6.41. The minimum absolute atomic E-state index is 0. The standard InChI is InChI=1S/C29H20F3N3O5S2.H3N/c1-16-2-15-23-24(25(16)42(38,39)40)41-28(35-23)19-7-13-22(14-8-19)34-27(37)18-5-11-21(12-6-18)33-26(36)17-3-9-20(10-4-17)29(30,31)32;/h2-15H,1H3,(H,33,36)(H,34,37)(H,38,39,40);1H3. The molecule has 5 aromatic rings. The predicted octanol–water partition coefficient (Wildman–Crippen LogP) is 7.08. The van der Waals surface area contributed by atoms with Gasteiger partial charge in [0.25, 0.3) is 11.8 Å². The summed E-state index contributed by atoms with van der Waals surface area (Å²) < 4.78 is 73.8. The first-order valence-corrected chi connectivity index (χ1v) is 14.4. The molecule has 222 valence electrons. The SMILES string of the molecule is Cc1ccc2nc(-c3ccc(NC(=O)c4ccc(NC(=O)c5ccc(C(F)(F)F)cc5)cc4)cc3)sc2c1S(=O)(=O)[O-].[NH4+]. The first-order valence-electron chi connectivity index (χ1n) is 12.2. The number of fused-ring (bicyclic) bond motifs is 1. The van der Waals surface area contributed by atoms with Crippen molar-refractivity contribution in [2.45, 2.75) is 18.0 Å². The molecule has 4 aromatic carbocycles. The number of aromatic nitrogens is 1. The third-order valence-electron chi connectivity index (χ3n) is 6.23. The average Bonchev–Trinajstić information content (AvgIpc) is 3.36. The van der Waals surface area contributed by atoms with E-state index in [0.717, 1.165) is 35.6 Å². The van der Waals surface area contributed by atoms with Gasteiger partial charge >= 0.3 is 6.18 Å². The fourth-order valence-electron chi connectivity index (χ4n) is 4.12. The molecule has 0 fully saturated rings. The van der Waals surface area contributed by atoms with Gasteiger partial charge in [0.15, 0.2) is 0 Å². The molecule has 0 aliphatic heterocycles. The normalized spacial score (nSPS) is 11.6. The number of anilines is 2. The topological polar surface area (TPSA) is 165 Å². The number of nitrogens with zero attached hydrogens (tertiary/aromatic N) is 1. The van der Waals surface area contributed by atoms with Crippen LogP contribution in [0.25, 0.3) is 20.8 Å². The molecule has 1 heterocycles. The molecule has 0 bridgehead atoms. The van der Waals surface area contributed by atoms with Gasteiger partial charge in [-0.3, -0.25) is 9.59 Å². The third kappa shape index (κ3) is 6.89. The Morgan fingerprint density at radius 1 is 0.791 bits per heavy atom. The van der Waals surface area contributed by atoms with E-state index in [2.05, 4.69) is 15.6 Å². The second kappa shape index (κ2) is 11.9. The maximum atomic E-state index is 12.7. The molecular weight excluding hydrogens is 605 g/mol. The van der Waals surface area contributed by atoms with Crippen LogP contribution in [0.4, 0.5) is 24.5 Å². The van der Waals surface area contributed by atoms with Gasteiger partial charge in [-0.05, 0) is 91.3 Å². The third-order valence-corrected chi connectivity index (χ3v) is 8.52. The summed E-state index contributed by atoms with van der Waals surface area (Å²) in [5, 5.41) is 5.83. The molecule has 0 aliphatic rings. The molecule has 0 aliphatic carbocycles. The van der Waals surface area contributed by atoms with E-state index in [1.54, 1.807) is 37.3 Å². The summed E-state index contributed by atoms with van der Waals surface area (Å²) in [6.45, 7) is 1.55. The minimum Gasteiger partial charge on any atom is -0.744 e. The van der Waals surface area contributed by atoms with Crippen molar-refractivity contribution in [3.8, 4) is 10.6 Å². The van der Waals surface area contributed by atoms with Crippen molar-refractivity contribution in [2.24, 2.45) is 0 Å². The smallest absolute Gasteiger partial charge is 0.416 e. The Balaban J connectivity index is 0.00000423. The zero-order valence-corrected chi connectivity index (χ0v) is 24.2. The highest BCUT2D eigenvalue weighted by atomic mass is 32.2. The largest absolute Gasteiger partial charge is 0.744 e. The fraction of sp³-hybridized carbons (Fsp3) is 0.0690. The summed E-state index contributed by atoms with van der Waals surface area (Å²) in [4.78, 5) is 29.3. The van der Waals surface area contributed by atoms with Crippen LogP contribution in [0.3, 0.4) is 0 Å². The van der Waals surface area contributed by atoms with Crippen LogP contribution in [0.2, 0.25) is 0 Å². The van der Waals surface area contributed by atoms with Crippen molar-refractivity contribution < 1.29 is 35.7 Å². The number of nitrogens with one attached hydrogen (secondary N) is 2. The van der Waals surface area contributed by atoms with Gasteiger partial charge < -0.3 is 21.3 Å². The maximum absolute atomic E-state index is 12.7. The summed E-state index contributed by atoms with van der Waals surface area (Å²) in [6.07, 6.45) is -4.50. The lowest BCUT2D eigenvalue weighted by Gasteiger charge is -2.10. The van der Waals surface area contributed by atoms with Gasteiger partial charge in [0, 0.05) is 28.1 Å². The van der Waals surface area contributed by atoms with Crippen molar-refractivity contribution in [1.29, 1.82) is 0 Å². The number of carbonyl (C=O) groups is 2. The number of hydrogen-bond donors (Lipinski definition) is 3. The van der Waals surface area contributed by atoms with Crippen molar-refractivity contribution >= 4 is 54.9 Å². The Morgan fingerprint density at radius 3 is 1.77 bits per heavy atom. The Morgan fingerprint density at radius 2 is 1.28 bits per heavy atom. The number of thiazole rings is 1. The Bertz CT molecular complexity index is 1920. The van der Waals surface area contributed by atoms with Crippen molar-refractivity contribution in [3.05, 3.63) is 107 Å². The maximum Gasteiger partial charge on any atom is 0.416 e. The first-order chi connectivity index (χ1) is 19.8. The lowest BCUT2D eigenvalue weighted by Crippen LogP contribution is -2.14. The van der Waals surface area contributed by atoms with Crippen molar-refractivity contribution in [2.75, 3.05) is 10.6 Å². The second-order valence-electron chi connectivity index (χ2n) is 9.17. The van der Waals surface area contributed by atoms with Gasteiger partial charge in [0.1, 0.15) is 15.1 Å². The van der Waals surface area contributed by atoms with Gasteiger partial charge in [-0.2, -0.15) is 13.2 Å². The molecule has 0 saturated carbocycles. The van der Waals surface area contributed by atoms with Crippen LogP contribution in [-0.2, 0) is 16.3 Å². The summed E-state index contributed by atoms with van der Waals surface area (Å²) >= 11 is 1.09. The molecule has 1 aromatic heterocycles. The first kappa shape index (κ1) is 31.3. The van der Waals surface area contributed by atoms with E-state index in [-0.39, 0.29) is 21.3 Å². The Kier molecular flexibility index (Phi) is 8.69. The number of benzene rings is 4. The van der Waals surface area contributed by atoms with E-state index in [1.807, 2.05) is 0 Å². The van der Waals surface area contributed by atoms with Gasteiger partial charge in [-0.15, -0.1) is 11.3 Å². The Labute approximate surface area is 247 Å². The second-order valence-corrected chi connectivity index (χ2v) is 11.5. The van der Waals surface area contributed by atoms with E-state index in [9.17, 15) is 35.7 Å². The van der Waals surface area contributed by atoms with E-state index >= 15 is 0 Å². The highest BCUT2D eigenvalue weighted by molar-refractivity contribution is 7.86. The molecular formula is C29H23F3N4O5S2. The molecule has 0 unspecified atom stereocenters. The van der Waals surface area contributed by atoms with Crippen molar-refractivity contribution in [1.82, 2.24) is 11.1 Å².